The number of hydrogen-bond acceptors (Lipinski definition) is 5. The maximum absolute atomic E-state index is 13.3. The highest BCUT2D eigenvalue weighted by Gasteiger charge is 2.40. The maximum Gasteiger partial charge on any atom is 0.303 e. The second-order valence-electron chi connectivity index (χ2n) is 12.9. The van der Waals surface area contributed by atoms with E-state index in [1.807, 2.05) is 25.1 Å². The largest absolute Gasteiger partial charge is 0.491 e. The lowest BCUT2D eigenvalue weighted by molar-refractivity contribution is -0.139. The summed E-state index contributed by atoms with van der Waals surface area (Å²) in [5, 5.41) is 10.3. The van der Waals surface area contributed by atoms with Gasteiger partial charge in [0.25, 0.3) is 5.91 Å². The van der Waals surface area contributed by atoms with E-state index in [9.17, 15) is 18.9 Å². The Morgan fingerprint density at radius 3 is 2.65 bits per heavy atom. The predicted molar refractivity (Wildman–Crippen MR) is 172 cm³/mol. The zero-order valence-corrected chi connectivity index (χ0v) is 27.1. The quantitative estimate of drug-likeness (QED) is 0.370. The summed E-state index contributed by atoms with van der Waals surface area (Å²) < 4.78 is 22.3. The van der Waals surface area contributed by atoms with Crippen LogP contribution in [0, 0.1) is 23.7 Å². The Morgan fingerprint density at radius 1 is 1.12 bits per heavy atom. The molecule has 0 saturated heterocycles. The number of ether oxygens (including phenoxy) is 1. The van der Waals surface area contributed by atoms with E-state index < -0.39 is 17.0 Å². The molecular weight excluding hydrogens is 584 g/mol. The molecule has 0 radical (unpaired) electrons. The zero-order valence-electron chi connectivity index (χ0n) is 25.5. The number of carbonyl (C=O) groups is 2. The molecule has 1 amide bonds. The van der Waals surface area contributed by atoms with Gasteiger partial charge in [-0.25, -0.2) is 4.21 Å². The summed E-state index contributed by atoms with van der Waals surface area (Å²) >= 11 is 6.40. The fourth-order valence-corrected chi connectivity index (χ4v) is 8.50. The number of carbonyl (C=O) groups excluding carboxylic acids is 1. The first-order chi connectivity index (χ1) is 20.6. The van der Waals surface area contributed by atoms with Crippen molar-refractivity contribution in [2.75, 3.05) is 24.6 Å². The molecule has 0 spiro atoms. The normalized spacial score (nSPS) is 29.8. The van der Waals surface area contributed by atoms with Gasteiger partial charge in [0.05, 0.1) is 17.5 Å². The lowest BCUT2D eigenvalue weighted by Crippen LogP contribution is -2.43. The standard InChI is InChI=1S/C34H45ClN2O5S/c1-4-6-23-15-28(35)11-13-30(23)27-19-37-18-26-9-12-29(26)24(17-33(38)39)8-5-7-21(2)22(3)43(41)36-34(40)25-10-14-32(42-20-27)31(37)16-25/h10-11,13-16,21-22,24,26-27,29H,4-9,12,17-20H2,1-3H3,(H,36,40)(H,38,39). The highest BCUT2D eigenvalue weighted by atomic mass is 35.5. The first kappa shape index (κ1) is 31.8. The van der Waals surface area contributed by atoms with Gasteiger partial charge in [0.2, 0.25) is 0 Å². The number of amides is 1. The van der Waals surface area contributed by atoms with Crippen LogP contribution in [0.3, 0.4) is 0 Å². The number of nitrogens with zero attached hydrogens (tertiary/aromatic N) is 1. The first-order valence-electron chi connectivity index (χ1n) is 15.9. The number of fused-ring (bicyclic) bond motifs is 2. The molecule has 9 heteroatoms. The molecule has 7 atom stereocenters. The first-order valence-corrected chi connectivity index (χ1v) is 17.5. The zero-order chi connectivity index (χ0) is 30.7. The SMILES string of the molecule is CCCc1cc(Cl)ccc1C1COc2ccc3cc2N(C1)CC1CCC1C(CC(=O)O)CCCC(C)C(C)S(=O)NC3=O. The summed E-state index contributed by atoms with van der Waals surface area (Å²) in [7, 11) is -1.54. The summed E-state index contributed by atoms with van der Waals surface area (Å²) in [4.78, 5) is 27.6. The number of hydrogen-bond donors (Lipinski definition) is 2. The van der Waals surface area contributed by atoms with Crippen LogP contribution >= 0.6 is 11.6 Å². The average Bonchev–Trinajstić information content (AvgIpc) is 3.13. The Kier molecular flexibility index (Phi) is 10.4. The smallest absolute Gasteiger partial charge is 0.303 e. The van der Waals surface area contributed by atoms with Crippen molar-refractivity contribution in [2.45, 2.75) is 83.3 Å². The third-order valence-corrected chi connectivity index (χ3v) is 11.8. The van der Waals surface area contributed by atoms with Gasteiger partial charge in [-0.1, -0.05) is 44.4 Å². The van der Waals surface area contributed by atoms with E-state index in [4.69, 9.17) is 16.3 Å². The van der Waals surface area contributed by atoms with Gasteiger partial charge in [0.15, 0.2) is 0 Å². The monoisotopic (exact) mass is 628 g/mol. The second-order valence-corrected chi connectivity index (χ2v) is 14.9. The van der Waals surface area contributed by atoms with Crippen LogP contribution in [0.1, 0.15) is 93.1 Å². The van der Waals surface area contributed by atoms with E-state index in [1.165, 1.54) is 11.1 Å². The molecule has 3 aliphatic rings. The minimum Gasteiger partial charge on any atom is -0.491 e. The molecule has 2 N–H and O–H groups in total. The number of aryl methyl sites for hydroxylation is 1. The highest BCUT2D eigenvalue weighted by Crippen LogP contribution is 2.46. The van der Waals surface area contributed by atoms with Gasteiger partial charge in [-0.15, -0.1) is 0 Å². The van der Waals surface area contributed by atoms with E-state index in [1.54, 1.807) is 6.07 Å². The Morgan fingerprint density at radius 2 is 1.93 bits per heavy atom. The molecule has 7 unspecified atom stereocenters. The molecule has 2 bridgehead atoms. The van der Waals surface area contributed by atoms with Gasteiger partial charge in [-0.05, 0) is 104 Å². The summed E-state index contributed by atoms with van der Waals surface area (Å²) in [6, 6.07) is 11.6. The van der Waals surface area contributed by atoms with E-state index in [-0.39, 0.29) is 35.3 Å². The Hall–Kier alpha value is -2.58. The van der Waals surface area contributed by atoms with Crippen molar-refractivity contribution >= 4 is 40.2 Å². The van der Waals surface area contributed by atoms with E-state index in [0.717, 1.165) is 68.0 Å². The molecule has 1 aliphatic carbocycles. The number of carboxylic acids is 1. The molecule has 1 saturated carbocycles. The summed E-state index contributed by atoms with van der Waals surface area (Å²) in [6.07, 6.45) is 6.81. The van der Waals surface area contributed by atoms with Crippen molar-refractivity contribution in [1.29, 1.82) is 0 Å². The van der Waals surface area contributed by atoms with E-state index in [0.29, 0.717) is 30.6 Å². The second kappa shape index (κ2) is 14.0. The van der Waals surface area contributed by atoms with Crippen molar-refractivity contribution in [1.82, 2.24) is 4.72 Å². The van der Waals surface area contributed by atoms with Crippen LogP contribution in [0.2, 0.25) is 5.02 Å². The van der Waals surface area contributed by atoms with Crippen LogP contribution in [0.15, 0.2) is 36.4 Å². The Bertz CT molecular complexity index is 1350. The number of aliphatic carboxylic acids is 1. The number of rotatable bonds is 5. The summed E-state index contributed by atoms with van der Waals surface area (Å²) in [5.41, 5.74) is 3.79. The van der Waals surface area contributed by atoms with Gasteiger partial charge in [-0.2, -0.15) is 0 Å². The molecule has 1 fully saturated rings. The van der Waals surface area contributed by atoms with Gasteiger partial charge < -0.3 is 14.7 Å². The van der Waals surface area contributed by atoms with Crippen LogP contribution in [-0.2, 0) is 22.2 Å². The lowest BCUT2D eigenvalue weighted by Gasteiger charge is -2.45. The van der Waals surface area contributed by atoms with Crippen LogP contribution in [0.4, 0.5) is 5.69 Å². The minimum absolute atomic E-state index is 0.0947. The highest BCUT2D eigenvalue weighted by molar-refractivity contribution is 7.84. The summed E-state index contributed by atoms with van der Waals surface area (Å²) in [5.74, 6) is 0.701. The molecule has 5 rings (SSSR count). The molecule has 2 heterocycles. The van der Waals surface area contributed by atoms with Crippen molar-refractivity contribution < 1.29 is 23.6 Å². The number of carboxylic acid groups (broad SMARTS) is 1. The van der Waals surface area contributed by atoms with Gasteiger partial charge in [0, 0.05) is 36.0 Å². The molecule has 0 aromatic heterocycles. The third kappa shape index (κ3) is 7.39. The predicted octanol–water partition coefficient (Wildman–Crippen LogP) is 6.99. The minimum atomic E-state index is -1.54. The van der Waals surface area contributed by atoms with E-state index >= 15 is 0 Å². The third-order valence-electron chi connectivity index (χ3n) is 10.0. The van der Waals surface area contributed by atoms with Gasteiger partial charge in [-0.3, -0.25) is 14.3 Å². The summed E-state index contributed by atoms with van der Waals surface area (Å²) in [6.45, 7) is 8.13. The van der Waals surface area contributed by atoms with Gasteiger partial charge in [0.1, 0.15) is 16.7 Å². The molecule has 2 aliphatic heterocycles. The average molecular weight is 629 g/mol. The molecule has 7 nitrogen and oxygen atoms in total. The fourth-order valence-electron chi connectivity index (χ4n) is 7.26. The van der Waals surface area contributed by atoms with Crippen molar-refractivity contribution in [3.8, 4) is 5.75 Å². The number of anilines is 1. The van der Waals surface area contributed by atoms with E-state index in [2.05, 4.69) is 35.6 Å². The lowest BCUT2D eigenvalue weighted by atomic mass is 9.64. The van der Waals surface area contributed by atoms with Crippen molar-refractivity contribution in [3.05, 3.63) is 58.1 Å². The topological polar surface area (TPSA) is 95.9 Å². The molecule has 234 valence electrons. The molecule has 2 aromatic carbocycles. The van der Waals surface area contributed by atoms with Crippen LogP contribution < -0.4 is 14.4 Å². The van der Waals surface area contributed by atoms with Crippen molar-refractivity contribution in [2.24, 2.45) is 23.7 Å². The molecule has 43 heavy (non-hydrogen) atoms. The Labute approximate surface area is 263 Å². The Balaban J connectivity index is 1.52. The maximum atomic E-state index is 13.3. The van der Waals surface area contributed by atoms with Crippen LogP contribution in [0.25, 0.3) is 0 Å². The molecular formula is C34H45ClN2O5S. The number of nitrogens with one attached hydrogen (secondary N) is 1. The van der Waals surface area contributed by atoms with Gasteiger partial charge >= 0.3 is 5.97 Å². The number of benzene rings is 2. The fraction of sp³-hybridized carbons (Fsp3) is 0.588. The van der Waals surface area contributed by atoms with Crippen LogP contribution in [0.5, 0.6) is 5.75 Å². The molecule has 2 aromatic rings. The van der Waals surface area contributed by atoms with Crippen molar-refractivity contribution in [3.63, 3.8) is 0 Å². The van der Waals surface area contributed by atoms with Crippen LogP contribution in [-0.4, -0.2) is 46.1 Å². The number of halogens is 1.